The Morgan fingerprint density at radius 1 is 1.16 bits per heavy atom. The van der Waals surface area contributed by atoms with E-state index < -0.39 is 5.97 Å². The topological polar surface area (TPSA) is 62.3 Å². The van der Waals surface area contributed by atoms with Gasteiger partial charge in [-0.15, -0.1) is 0 Å². The lowest BCUT2D eigenvalue weighted by Gasteiger charge is -2.07. The third-order valence-corrected chi connectivity index (χ3v) is 4.38. The van der Waals surface area contributed by atoms with E-state index in [1.165, 1.54) is 5.56 Å². The molecule has 1 heterocycles. The second kappa shape index (κ2) is 7.01. The fourth-order valence-electron chi connectivity index (χ4n) is 3.09. The molecular weight excluding hydrogens is 314 g/mol. The van der Waals surface area contributed by atoms with Crippen molar-refractivity contribution in [2.75, 3.05) is 6.61 Å². The number of H-pyrrole nitrogens is 1. The predicted octanol–water partition coefficient (Wildman–Crippen LogP) is 4.98. The van der Waals surface area contributed by atoms with Gasteiger partial charge in [-0.05, 0) is 65.9 Å². The van der Waals surface area contributed by atoms with Gasteiger partial charge in [0, 0.05) is 10.9 Å². The summed E-state index contributed by atoms with van der Waals surface area (Å²) in [5.41, 5.74) is 4.82. The van der Waals surface area contributed by atoms with E-state index in [1.807, 2.05) is 37.3 Å². The van der Waals surface area contributed by atoms with E-state index in [2.05, 4.69) is 31.0 Å². The second-order valence-electron chi connectivity index (χ2n) is 6.47. The summed E-state index contributed by atoms with van der Waals surface area (Å²) in [7, 11) is 0. The van der Waals surface area contributed by atoms with Gasteiger partial charge >= 0.3 is 5.97 Å². The lowest BCUT2D eigenvalue weighted by atomic mass is 9.98. The minimum Gasteiger partial charge on any atom is -0.494 e. The molecule has 0 aliphatic carbocycles. The maximum Gasteiger partial charge on any atom is 0.307 e. The number of benzene rings is 2. The molecule has 0 atom stereocenters. The lowest BCUT2D eigenvalue weighted by Crippen LogP contribution is -2.01. The van der Waals surface area contributed by atoms with Gasteiger partial charge in [0.1, 0.15) is 5.75 Å². The molecule has 0 aliphatic rings. The van der Waals surface area contributed by atoms with E-state index in [0.717, 1.165) is 33.5 Å². The highest BCUT2D eigenvalue weighted by Gasteiger charge is 2.17. The van der Waals surface area contributed by atoms with Crippen LogP contribution in [0.15, 0.2) is 42.5 Å². The van der Waals surface area contributed by atoms with Crippen LogP contribution in [0.25, 0.3) is 22.2 Å². The number of aromatic nitrogens is 1. The van der Waals surface area contributed by atoms with Crippen LogP contribution in [0.5, 0.6) is 5.75 Å². The molecule has 3 aromatic rings. The zero-order chi connectivity index (χ0) is 18.0. The van der Waals surface area contributed by atoms with Crippen molar-refractivity contribution in [3.63, 3.8) is 0 Å². The van der Waals surface area contributed by atoms with E-state index in [-0.39, 0.29) is 6.42 Å². The molecule has 0 bridgehead atoms. The van der Waals surface area contributed by atoms with E-state index in [9.17, 15) is 9.90 Å². The largest absolute Gasteiger partial charge is 0.494 e. The number of rotatable bonds is 6. The van der Waals surface area contributed by atoms with Crippen molar-refractivity contribution >= 4 is 16.9 Å². The van der Waals surface area contributed by atoms with Crippen molar-refractivity contribution in [3.05, 3.63) is 53.6 Å². The average Bonchev–Trinajstić information content (AvgIpc) is 2.93. The van der Waals surface area contributed by atoms with Gasteiger partial charge in [0.05, 0.1) is 18.7 Å². The number of aromatic amines is 1. The Labute approximate surface area is 147 Å². The number of fused-ring (bicyclic) bond motifs is 1. The third kappa shape index (κ3) is 3.53. The number of hydrogen-bond donors (Lipinski definition) is 2. The molecule has 0 saturated carbocycles. The predicted molar refractivity (Wildman–Crippen MR) is 100 cm³/mol. The molecular formula is C21H23NO3. The zero-order valence-electron chi connectivity index (χ0n) is 14.8. The Bertz CT molecular complexity index is 891. The summed E-state index contributed by atoms with van der Waals surface area (Å²) in [5.74, 6) is 0.373. The molecule has 4 nitrogen and oxygen atoms in total. The van der Waals surface area contributed by atoms with Gasteiger partial charge in [-0.1, -0.05) is 19.9 Å². The van der Waals surface area contributed by atoms with E-state index in [1.54, 1.807) is 0 Å². The summed E-state index contributed by atoms with van der Waals surface area (Å²) in [6, 6.07) is 14.0. The highest BCUT2D eigenvalue weighted by atomic mass is 16.5. The number of ether oxygens (including phenoxy) is 1. The van der Waals surface area contributed by atoms with Crippen LogP contribution in [-0.2, 0) is 11.2 Å². The van der Waals surface area contributed by atoms with Crippen LogP contribution < -0.4 is 4.74 Å². The smallest absolute Gasteiger partial charge is 0.307 e. The Hall–Kier alpha value is -2.75. The summed E-state index contributed by atoms with van der Waals surface area (Å²) in [6.07, 6.45) is -0.00983. The molecule has 130 valence electrons. The first-order valence-electron chi connectivity index (χ1n) is 8.59. The van der Waals surface area contributed by atoms with E-state index >= 15 is 0 Å². The first-order valence-corrected chi connectivity index (χ1v) is 8.59. The summed E-state index contributed by atoms with van der Waals surface area (Å²) >= 11 is 0. The summed E-state index contributed by atoms with van der Waals surface area (Å²) in [5, 5.41) is 10.4. The number of carbonyl (C=O) groups is 1. The van der Waals surface area contributed by atoms with Crippen LogP contribution in [0.1, 0.15) is 37.8 Å². The Balaban J connectivity index is 2.14. The van der Waals surface area contributed by atoms with Gasteiger partial charge in [0.15, 0.2) is 0 Å². The third-order valence-electron chi connectivity index (χ3n) is 4.38. The molecule has 0 amide bonds. The minimum absolute atomic E-state index is 0.00983. The van der Waals surface area contributed by atoms with Gasteiger partial charge in [-0.3, -0.25) is 4.79 Å². The van der Waals surface area contributed by atoms with Crippen LogP contribution in [0, 0.1) is 0 Å². The van der Waals surface area contributed by atoms with Crippen molar-refractivity contribution in [3.8, 4) is 17.0 Å². The quantitative estimate of drug-likeness (QED) is 0.666. The van der Waals surface area contributed by atoms with Crippen molar-refractivity contribution in [1.82, 2.24) is 4.98 Å². The van der Waals surface area contributed by atoms with Crippen molar-refractivity contribution in [2.24, 2.45) is 0 Å². The molecule has 4 heteroatoms. The molecule has 2 aromatic carbocycles. The highest BCUT2D eigenvalue weighted by molar-refractivity contribution is 5.94. The first kappa shape index (κ1) is 17.1. The SMILES string of the molecule is CCOc1ccc(-c2[nH]c3ccc(C(C)C)cc3c2CC(=O)O)cc1. The lowest BCUT2D eigenvalue weighted by molar-refractivity contribution is -0.136. The number of carboxylic acid groups (broad SMARTS) is 1. The standard InChI is InChI=1S/C21H23NO3/c1-4-25-16-8-5-14(6-9-16)21-18(12-20(23)24)17-11-15(13(2)3)7-10-19(17)22-21/h5-11,13,22H,4,12H2,1-3H3,(H,23,24). The summed E-state index contributed by atoms with van der Waals surface area (Å²) in [6.45, 7) is 6.84. The van der Waals surface area contributed by atoms with Crippen LogP contribution in [0.3, 0.4) is 0 Å². The maximum atomic E-state index is 11.4. The van der Waals surface area contributed by atoms with Gasteiger partial charge in [-0.25, -0.2) is 0 Å². The highest BCUT2D eigenvalue weighted by Crippen LogP contribution is 2.33. The van der Waals surface area contributed by atoms with Crippen molar-refractivity contribution in [2.45, 2.75) is 33.1 Å². The molecule has 3 rings (SSSR count). The molecule has 0 fully saturated rings. The van der Waals surface area contributed by atoms with Crippen LogP contribution >= 0.6 is 0 Å². The molecule has 0 aliphatic heterocycles. The Kier molecular flexibility index (Phi) is 4.79. The molecule has 2 N–H and O–H groups in total. The number of hydrogen-bond acceptors (Lipinski definition) is 2. The Morgan fingerprint density at radius 2 is 1.88 bits per heavy atom. The van der Waals surface area contributed by atoms with Gasteiger partial charge in [0.25, 0.3) is 0 Å². The second-order valence-corrected chi connectivity index (χ2v) is 6.47. The fourth-order valence-corrected chi connectivity index (χ4v) is 3.09. The average molecular weight is 337 g/mol. The molecule has 1 aromatic heterocycles. The van der Waals surface area contributed by atoms with E-state index in [0.29, 0.717) is 12.5 Å². The first-order chi connectivity index (χ1) is 12.0. The monoisotopic (exact) mass is 337 g/mol. The minimum atomic E-state index is -0.831. The van der Waals surface area contributed by atoms with Gasteiger partial charge < -0.3 is 14.8 Å². The summed E-state index contributed by atoms with van der Waals surface area (Å²) < 4.78 is 5.49. The number of aliphatic carboxylic acids is 1. The molecule has 25 heavy (non-hydrogen) atoms. The van der Waals surface area contributed by atoms with Gasteiger partial charge in [-0.2, -0.15) is 0 Å². The normalized spacial score (nSPS) is 11.2. The van der Waals surface area contributed by atoms with Gasteiger partial charge in [0.2, 0.25) is 0 Å². The molecule has 0 radical (unpaired) electrons. The number of nitrogens with one attached hydrogen (secondary N) is 1. The Morgan fingerprint density at radius 3 is 2.48 bits per heavy atom. The summed E-state index contributed by atoms with van der Waals surface area (Å²) in [4.78, 5) is 14.8. The maximum absolute atomic E-state index is 11.4. The van der Waals surface area contributed by atoms with Crippen molar-refractivity contribution in [1.29, 1.82) is 0 Å². The molecule has 0 saturated heterocycles. The van der Waals surface area contributed by atoms with Crippen LogP contribution in [0.2, 0.25) is 0 Å². The van der Waals surface area contributed by atoms with Crippen LogP contribution in [-0.4, -0.2) is 22.7 Å². The molecule has 0 spiro atoms. The molecule has 0 unspecified atom stereocenters. The zero-order valence-corrected chi connectivity index (χ0v) is 14.8. The fraction of sp³-hybridized carbons (Fsp3) is 0.286. The number of carboxylic acids is 1. The van der Waals surface area contributed by atoms with E-state index in [4.69, 9.17) is 4.74 Å². The van der Waals surface area contributed by atoms with Crippen molar-refractivity contribution < 1.29 is 14.6 Å². The van der Waals surface area contributed by atoms with Crippen LogP contribution in [0.4, 0.5) is 0 Å².